The molecule has 6 N–H and O–H groups in total. The highest BCUT2D eigenvalue weighted by molar-refractivity contribution is 6.24. The molecule has 0 spiro atoms. The minimum absolute atomic E-state index is 0.0241. The third kappa shape index (κ3) is 4.03. The number of fused-ring (bicyclic) bond motifs is 3. The van der Waals surface area contributed by atoms with E-state index in [-0.39, 0.29) is 36.3 Å². The van der Waals surface area contributed by atoms with Gasteiger partial charge in [0.2, 0.25) is 5.78 Å². The number of benzene rings is 2. The van der Waals surface area contributed by atoms with Crippen molar-refractivity contribution in [3.05, 3.63) is 70.0 Å². The Balaban J connectivity index is 1.70. The summed E-state index contributed by atoms with van der Waals surface area (Å²) in [4.78, 5) is 53.1. The molecule has 11 heteroatoms. The number of nitrogens with two attached hydrogens (primary N) is 1. The molecule has 0 unspecified atom stereocenters. The Morgan fingerprint density at radius 1 is 1.12 bits per heavy atom. The molecule has 3 aliphatic rings. The van der Waals surface area contributed by atoms with Crippen LogP contribution in [0.25, 0.3) is 16.9 Å². The molecule has 0 aromatic heterocycles. The second-order valence-electron chi connectivity index (χ2n) is 10.7. The van der Waals surface area contributed by atoms with Crippen molar-refractivity contribution in [1.82, 2.24) is 4.90 Å². The van der Waals surface area contributed by atoms with Crippen LogP contribution in [0.15, 0.2) is 53.3 Å². The fraction of sp³-hybridized carbons (Fsp3) is 0.333. The lowest BCUT2D eigenvalue weighted by Crippen LogP contribution is -2.65. The smallest absolute Gasteiger partial charge is 0.338 e. The van der Waals surface area contributed by atoms with E-state index in [2.05, 4.69) is 0 Å². The third-order valence-corrected chi connectivity index (χ3v) is 8.29. The van der Waals surface area contributed by atoms with Crippen molar-refractivity contribution in [3.8, 4) is 16.9 Å². The van der Waals surface area contributed by atoms with Gasteiger partial charge in [-0.25, -0.2) is 4.79 Å². The molecule has 1 amide bonds. The molecule has 0 radical (unpaired) electrons. The van der Waals surface area contributed by atoms with E-state index < -0.39 is 64.0 Å². The number of aliphatic hydroxyl groups excluding tert-OH is 2. The van der Waals surface area contributed by atoms with Crippen molar-refractivity contribution in [3.63, 3.8) is 0 Å². The molecule has 1 saturated carbocycles. The minimum Gasteiger partial charge on any atom is -0.508 e. The van der Waals surface area contributed by atoms with Gasteiger partial charge in [-0.1, -0.05) is 18.2 Å². The van der Waals surface area contributed by atoms with Crippen LogP contribution in [0.2, 0.25) is 0 Å². The number of esters is 1. The Hall–Kier alpha value is -4.48. The summed E-state index contributed by atoms with van der Waals surface area (Å²) in [5.41, 5.74) is 3.53. The molecule has 0 heterocycles. The number of ether oxygens (including phenoxy) is 1. The number of phenols is 1. The molecular formula is C30H30N2O9. The number of amides is 1. The first kappa shape index (κ1) is 28.1. The van der Waals surface area contributed by atoms with E-state index in [1.54, 1.807) is 51.4 Å². The summed E-state index contributed by atoms with van der Waals surface area (Å²) in [5.74, 6) is -7.62. The number of primary amides is 1. The van der Waals surface area contributed by atoms with Crippen LogP contribution in [0.5, 0.6) is 5.75 Å². The van der Waals surface area contributed by atoms with Crippen molar-refractivity contribution < 1.29 is 44.3 Å². The van der Waals surface area contributed by atoms with Crippen molar-refractivity contribution in [2.75, 3.05) is 20.7 Å². The Kier molecular flexibility index (Phi) is 6.75. The quantitative estimate of drug-likeness (QED) is 0.266. The summed E-state index contributed by atoms with van der Waals surface area (Å²) in [7, 11) is 3.08. The van der Waals surface area contributed by atoms with Crippen LogP contribution in [0.4, 0.5) is 0 Å². The van der Waals surface area contributed by atoms with Gasteiger partial charge in [0.05, 0.1) is 23.8 Å². The second kappa shape index (κ2) is 9.86. The van der Waals surface area contributed by atoms with Gasteiger partial charge in [0.15, 0.2) is 11.4 Å². The summed E-state index contributed by atoms with van der Waals surface area (Å²) in [6.45, 7) is 1.90. The van der Waals surface area contributed by atoms with Gasteiger partial charge >= 0.3 is 5.97 Å². The zero-order valence-corrected chi connectivity index (χ0v) is 22.7. The normalized spacial score (nSPS) is 25.5. The highest BCUT2D eigenvalue weighted by Gasteiger charge is 2.64. The fourth-order valence-corrected chi connectivity index (χ4v) is 6.54. The average molecular weight is 563 g/mol. The van der Waals surface area contributed by atoms with Gasteiger partial charge in [0.1, 0.15) is 22.8 Å². The lowest BCUT2D eigenvalue weighted by molar-refractivity contribution is -0.153. The predicted octanol–water partition coefficient (Wildman–Crippen LogP) is 1.81. The first-order chi connectivity index (χ1) is 19.3. The SMILES string of the molecule is CCOC(=O)c1cccc(-c2ccc(O)c3c2C[C@@H]2C[C@@H]4[C@@H](N(C)C)C(=O)C(C(N)=O)=C(O)[C@]4(O)C(=O)C2=C3O)c1. The largest absolute Gasteiger partial charge is 0.508 e. The Morgan fingerprint density at radius 2 is 1.83 bits per heavy atom. The molecule has 214 valence electrons. The number of rotatable bonds is 5. The predicted molar refractivity (Wildman–Crippen MR) is 146 cm³/mol. The molecule has 0 bridgehead atoms. The van der Waals surface area contributed by atoms with E-state index in [4.69, 9.17) is 10.5 Å². The van der Waals surface area contributed by atoms with Crippen LogP contribution in [-0.2, 0) is 25.5 Å². The zero-order chi connectivity index (χ0) is 30.0. The van der Waals surface area contributed by atoms with Crippen molar-refractivity contribution >= 4 is 29.2 Å². The summed E-state index contributed by atoms with van der Waals surface area (Å²) in [6, 6.07) is 8.48. The Morgan fingerprint density at radius 3 is 2.46 bits per heavy atom. The number of carbonyl (C=O) groups excluding carboxylic acids is 4. The Labute approximate surface area is 235 Å². The zero-order valence-electron chi connectivity index (χ0n) is 22.7. The van der Waals surface area contributed by atoms with Crippen LogP contribution in [0.3, 0.4) is 0 Å². The maximum atomic E-state index is 14.0. The van der Waals surface area contributed by atoms with E-state index >= 15 is 0 Å². The highest BCUT2D eigenvalue weighted by atomic mass is 16.5. The highest BCUT2D eigenvalue weighted by Crippen LogP contribution is 2.53. The number of carbonyl (C=O) groups is 4. The topological polar surface area (TPSA) is 188 Å². The molecule has 1 fully saturated rings. The summed E-state index contributed by atoms with van der Waals surface area (Å²) >= 11 is 0. The Bertz CT molecular complexity index is 1590. The number of hydrogen-bond acceptors (Lipinski definition) is 10. The molecule has 2 aromatic rings. The maximum Gasteiger partial charge on any atom is 0.338 e. The van der Waals surface area contributed by atoms with Crippen LogP contribution < -0.4 is 5.73 Å². The van der Waals surface area contributed by atoms with Crippen molar-refractivity contribution in [2.24, 2.45) is 17.6 Å². The minimum atomic E-state index is -2.70. The van der Waals surface area contributed by atoms with Gasteiger partial charge in [-0.15, -0.1) is 0 Å². The summed E-state index contributed by atoms with van der Waals surface area (Å²) in [6.07, 6.45) is 0.103. The molecule has 0 aliphatic heterocycles. The van der Waals surface area contributed by atoms with E-state index in [1.165, 1.54) is 11.0 Å². The average Bonchev–Trinajstić information content (AvgIpc) is 2.90. The molecule has 3 aliphatic carbocycles. The van der Waals surface area contributed by atoms with E-state index in [9.17, 15) is 39.6 Å². The molecule has 0 saturated heterocycles. The van der Waals surface area contributed by atoms with E-state index in [0.717, 1.165) is 0 Å². The molecular weight excluding hydrogens is 532 g/mol. The molecule has 2 aromatic carbocycles. The monoisotopic (exact) mass is 562 g/mol. The van der Waals surface area contributed by atoms with Gasteiger partial charge in [0, 0.05) is 11.5 Å². The van der Waals surface area contributed by atoms with Crippen LogP contribution >= 0.6 is 0 Å². The number of nitrogens with zero attached hydrogens (tertiary/aromatic N) is 1. The molecule has 11 nitrogen and oxygen atoms in total. The van der Waals surface area contributed by atoms with E-state index in [0.29, 0.717) is 22.3 Å². The van der Waals surface area contributed by atoms with E-state index in [1.807, 2.05) is 0 Å². The summed E-state index contributed by atoms with van der Waals surface area (Å²) in [5, 5.41) is 44.9. The first-order valence-corrected chi connectivity index (χ1v) is 13.1. The molecule has 4 atom stereocenters. The number of ketones is 2. The maximum absolute atomic E-state index is 14.0. The van der Waals surface area contributed by atoms with Crippen LogP contribution in [0.1, 0.15) is 34.8 Å². The van der Waals surface area contributed by atoms with Gasteiger partial charge in [0.25, 0.3) is 5.91 Å². The number of Topliss-reactive ketones (excluding diaryl/α,β-unsaturated/α-hetero) is 2. The van der Waals surface area contributed by atoms with Crippen molar-refractivity contribution in [1.29, 1.82) is 0 Å². The summed E-state index contributed by atoms with van der Waals surface area (Å²) < 4.78 is 5.11. The molecule has 41 heavy (non-hydrogen) atoms. The molecule has 5 rings (SSSR count). The number of aromatic hydroxyl groups is 1. The number of phenolic OH excluding ortho intramolecular Hbond substituents is 1. The van der Waals surface area contributed by atoms with Crippen molar-refractivity contribution in [2.45, 2.75) is 31.4 Å². The lowest BCUT2D eigenvalue weighted by atomic mass is 9.57. The second-order valence-corrected chi connectivity index (χ2v) is 10.7. The fourth-order valence-electron chi connectivity index (χ4n) is 6.54. The number of likely N-dealkylation sites (N-methyl/N-ethyl adjacent to an activating group) is 1. The van der Waals surface area contributed by atoms with Crippen LogP contribution in [0, 0.1) is 11.8 Å². The first-order valence-electron chi connectivity index (χ1n) is 13.1. The van der Waals surface area contributed by atoms with Gasteiger partial charge in [-0.05, 0) is 74.7 Å². The standard InChI is InChI=1S/C30H30N2O9/c1-4-41-29(39)14-7-5-6-13(10-14)16-8-9-19(33)21-17(16)11-15-12-18-23(32(2)3)25(35)22(28(31)38)27(37)30(18,40)26(36)20(15)24(21)34/h5-10,15,18,23,33-34,37,40H,4,11-12H2,1-3H3,(H2,31,38)/t15-,18-,23-,30-/m1/s1. The van der Waals surface area contributed by atoms with Gasteiger partial charge in [-0.3, -0.25) is 19.3 Å². The van der Waals surface area contributed by atoms with Crippen LogP contribution in [-0.4, -0.2) is 81.1 Å². The van der Waals surface area contributed by atoms with Gasteiger partial charge in [-0.2, -0.15) is 0 Å². The lowest BCUT2D eigenvalue weighted by Gasteiger charge is -2.50. The number of aliphatic hydroxyl groups is 3. The third-order valence-electron chi connectivity index (χ3n) is 8.29. The number of hydrogen-bond donors (Lipinski definition) is 5. The van der Waals surface area contributed by atoms with Gasteiger partial charge < -0.3 is 30.9 Å².